The molecular weight excluding hydrogens is 461 g/mol. The molecule has 0 aliphatic carbocycles. The fourth-order valence-electron chi connectivity index (χ4n) is 2.60. The van der Waals surface area contributed by atoms with Gasteiger partial charge in [0.1, 0.15) is 6.61 Å². The molecule has 28 heavy (non-hydrogen) atoms. The number of anilines is 1. The number of nitrogens with one attached hydrogen (secondary N) is 1. The summed E-state index contributed by atoms with van der Waals surface area (Å²) in [6.07, 6.45) is 0. The summed E-state index contributed by atoms with van der Waals surface area (Å²) in [4.78, 5) is 0. The van der Waals surface area contributed by atoms with E-state index in [4.69, 9.17) is 32.7 Å². The maximum absolute atomic E-state index is 6.15. The molecule has 146 valence electrons. The minimum atomic E-state index is 0.451. The summed E-state index contributed by atoms with van der Waals surface area (Å²) >= 11 is 15.5. The molecule has 0 radical (unpaired) electrons. The summed E-state index contributed by atoms with van der Waals surface area (Å²) < 4.78 is 12.6. The van der Waals surface area contributed by atoms with Crippen LogP contribution in [-0.4, -0.2) is 6.61 Å². The topological polar surface area (TPSA) is 30.5 Å². The number of hydrogen-bond donors (Lipinski definition) is 1. The van der Waals surface area contributed by atoms with Gasteiger partial charge >= 0.3 is 0 Å². The van der Waals surface area contributed by atoms with E-state index in [-0.39, 0.29) is 0 Å². The Morgan fingerprint density at radius 1 is 0.857 bits per heavy atom. The van der Waals surface area contributed by atoms with Crippen molar-refractivity contribution in [3.8, 4) is 11.5 Å². The van der Waals surface area contributed by atoms with Crippen LogP contribution in [0.2, 0.25) is 10.0 Å². The zero-order valence-electron chi connectivity index (χ0n) is 15.3. The standard InChI is InChI=1S/C22H20BrCl2NO2/c1-2-27-22-11-16(13-26-18-8-9-19(23)20(25)12-18)5-10-21(22)28-14-15-3-6-17(24)7-4-15/h3-12,26H,2,13-14H2,1H3. The van der Waals surface area contributed by atoms with Crippen molar-refractivity contribution in [2.24, 2.45) is 0 Å². The van der Waals surface area contributed by atoms with Crippen LogP contribution in [0.4, 0.5) is 5.69 Å². The lowest BCUT2D eigenvalue weighted by atomic mass is 10.2. The molecular formula is C22H20BrCl2NO2. The van der Waals surface area contributed by atoms with E-state index < -0.39 is 0 Å². The molecule has 1 N–H and O–H groups in total. The van der Waals surface area contributed by atoms with Crippen LogP contribution in [0.3, 0.4) is 0 Å². The summed E-state index contributed by atoms with van der Waals surface area (Å²) in [7, 11) is 0. The highest BCUT2D eigenvalue weighted by atomic mass is 79.9. The zero-order valence-corrected chi connectivity index (χ0v) is 18.4. The Morgan fingerprint density at radius 2 is 1.61 bits per heavy atom. The maximum Gasteiger partial charge on any atom is 0.161 e. The summed E-state index contributed by atoms with van der Waals surface area (Å²) in [6.45, 7) is 3.62. The fourth-order valence-corrected chi connectivity index (χ4v) is 3.16. The summed E-state index contributed by atoms with van der Waals surface area (Å²) in [5, 5.41) is 4.75. The first kappa shape index (κ1) is 20.8. The lowest BCUT2D eigenvalue weighted by Crippen LogP contribution is -2.03. The molecule has 0 atom stereocenters. The predicted octanol–water partition coefficient (Wildman–Crippen LogP) is 7.35. The highest BCUT2D eigenvalue weighted by molar-refractivity contribution is 9.10. The molecule has 3 aromatic carbocycles. The smallest absolute Gasteiger partial charge is 0.161 e. The van der Waals surface area contributed by atoms with Gasteiger partial charge in [0.2, 0.25) is 0 Å². The van der Waals surface area contributed by atoms with Crippen LogP contribution in [0, 0.1) is 0 Å². The molecule has 3 nitrogen and oxygen atoms in total. The van der Waals surface area contributed by atoms with Crippen LogP contribution in [-0.2, 0) is 13.2 Å². The van der Waals surface area contributed by atoms with Crippen LogP contribution in [0.5, 0.6) is 11.5 Å². The number of halogens is 3. The van der Waals surface area contributed by atoms with Gasteiger partial charge in [0, 0.05) is 21.7 Å². The molecule has 0 aromatic heterocycles. The van der Waals surface area contributed by atoms with Crippen molar-refractivity contribution in [1.29, 1.82) is 0 Å². The molecule has 6 heteroatoms. The van der Waals surface area contributed by atoms with Crippen LogP contribution in [0.15, 0.2) is 65.1 Å². The Bertz CT molecular complexity index is 932. The highest BCUT2D eigenvalue weighted by Crippen LogP contribution is 2.30. The van der Waals surface area contributed by atoms with Gasteiger partial charge in [0.25, 0.3) is 0 Å². The minimum Gasteiger partial charge on any atom is -0.490 e. The lowest BCUT2D eigenvalue weighted by Gasteiger charge is -2.14. The van der Waals surface area contributed by atoms with Crippen molar-refractivity contribution in [2.45, 2.75) is 20.1 Å². The average molecular weight is 481 g/mol. The molecule has 0 bridgehead atoms. The molecule has 0 saturated heterocycles. The summed E-state index contributed by atoms with van der Waals surface area (Å²) in [5.74, 6) is 1.44. The number of rotatable bonds is 8. The first-order valence-corrected chi connectivity index (χ1v) is 10.4. The van der Waals surface area contributed by atoms with Crippen LogP contribution >= 0.6 is 39.1 Å². The van der Waals surface area contributed by atoms with Gasteiger partial charge in [-0.05, 0) is 76.4 Å². The number of benzene rings is 3. The van der Waals surface area contributed by atoms with E-state index in [0.717, 1.165) is 27.0 Å². The first-order valence-electron chi connectivity index (χ1n) is 8.87. The Kier molecular flexibility index (Phi) is 7.49. The molecule has 0 fully saturated rings. The third kappa shape index (κ3) is 5.81. The molecule has 0 amide bonds. The van der Waals surface area contributed by atoms with Gasteiger partial charge in [-0.3, -0.25) is 0 Å². The molecule has 0 saturated carbocycles. The van der Waals surface area contributed by atoms with Crippen molar-refractivity contribution in [3.63, 3.8) is 0 Å². The third-order valence-electron chi connectivity index (χ3n) is 4.03. The van der Waals surface area contributed by atoms with Gasteiger partial charge in [-0.15, -0.1) is 0 Å². The highest BCUT2D eigenvalue weighted by Gasteiger charge is 2.08. The second-order valence-electron chi connectivity index (χ2n) is 6.11. The van der Waals surface area contributed by atoms with Gasteiger partial charge in [0.15, 0.2) is 11.5 Å². The third-order valence-corrected chi connectivity index (χ3v) is 5.52. The molecule has 0 spiro atoms. The first-order chi connectivity index (χ1) is 13.5. The van der Waals surface area contributed by atoms with Gasteiger partial charge in [-0.25, -0.2) is 0 Å². The normalized spacial score (nSPS) is 10.6. The van der Waals surface area contributed by atoms with Crippen molar-refractivity contribution in [3.05, 3.63) is 86.3 Å². The van der Waals surface area contributed by atoms with Crippen LogP contribution < -0.4 is 14.8 Å². The largest absolute Gasteiger partial charge is 0.490 e. The molecule has 3 rings (SSSR count). The van der Waals surface area contributed by atoms with Gasteiger partial charge in [-0.1, -0.05) is 41.4 Å². The molecule has 0 aliphatic rings. The molecule has 0 aliphatic heterocycles. The monoisotopic (exact) mass is 479 g/mol. The number of hydrogen-bond acceptors (Lipinski definition) is 3. The van der Waals surface area contributed by atoms with E-state index in [1.807, 2.05) is 67.6 Å². The number of ether oxygens (including phenoxy) is 2. The Hall–Kier alpha value is -1.88. The van der Waals surface area contributed by atoms with Crippen molar-refractivity contribution in [2.75, 3.05) is 11.9 Å². The van der Waals surface area contributed by atoms with Crippen molar-refractivity contribution >= 4 is 44.8 Å². The van der Waals surface area contributed by atoms with E-state index in [2.05, 4.69) is 21.2 Å². The Balaban J connectivity index is 1.67. The van der Waals surface area contributed by atoms with E-state index in [0.29, 0.717) is 35.6 Å². The Labute approximate surface area is 183 Å². The fraction of sp³-hybridized carbons (Fsp3) is 0.182. The van der Waals surface area contributed by atoms with E-state index in [9.17, 15) is 0 Å². The van der Waals surface area contributed by atoms with E-state index >= 15 is 0 Å². The van der Waals surface area contributed by atoms with E-state index in [1.54, 1.807) is 0 Å². The lowest BCUT2D eigenvalue weighted by molar-refractivity contribution is 0.269. The van der Waals surface area contributed by atoms with Gasteiger partial charge in [-0.2, -0.15) is 0 Å². The summed E-state index contributed by atoms with van der Waals surface area (Å²) in [6, 6.07) is 19.3. The van der Waals surface area contributed by atoms with E-state index in [1.165, 1.54) is 0 Å². The Morgan fingerprint density at radius 3 is 2.32 bits per heavy atom. The zero-order chi connectivity index (χ0) is 19.9. The van der Waals surface area contributed by atoms with Gasteiger partial charge < -0.3 is 14.8 Å². The van der Waals surface area contributed by atoms with Gasteiger partial charge in [0.05, 0.1) is 11.6 Å². The van der Waals surface area contributed by atoms with Crippen LogP contribution in [0.25, 0.3) is 0 Å². The summed E-state index contributed by atoms with van der Waals surface area (Å²) in [5.41, 5.74) is 3.08. The molecule has 0 unspecified atom stereocenters. The molecule has 0 heterocycles. The second-order valence-corrected chi connectivity index (χ2v) is 7.81. The quantitative estimate of drug-likeness (QED) is 0.365. The predicted molar refractivity (Wildman–Crippen MR) is 120 cm³/mol. The average Bonchev–Trinajstić information content (AvgIpc) is 2.69. The van der Waals surface area contributed by atoms with Crippen molar-refractivity contribution in [1.82, 2.24) is 0 Å². The SMILES string of the molecule is CCOc1cc(CNc2ccc(Br)c(Cl)c2)ccc1OCc1ccc(Cl)cc1. The second kappa shape index (κ2) is 10.1. The minimum absolute atomic E-state index is 0.451. The van der Waals surface area contributed by atoms with Crippen molar-refractivity contribution < 1.29 is 9.47 Å². The molecule has 3 aromatic rings. The maximum atomic E-state index is 6.15. The van der Waals surface area contributed by atoms with Crippen LogP contribution in [0.1, 0.15) is 18.1 Å².